The first-order valence-electron chi connectivity index (χ1n) is 7.62. The lowest BCUT2D eigenvalue weighted by Crippen LogP contribution is -2.25. The Bertz CT molecular complexity index is 610. The fourth-order valence-electron chi connectivity index (χ4n) is 2.34. The molecule has 0 saturated heterocycles. The van der Waals surface area contributed by atoms with E-state index in [9.17, 15) is 4.79 Å². The number of nitrogens with one attached hydrogen (secondary N) is 2. The van der Waals surface area contributed by atoms with Crippen LogP contribution in [-0.2, 0) is 0 Å². The SMILES string of the molecule is CCCCCCNC(=O)c1cc(NC)nc2ccccc12. The molecular weight excluding hydrogens is 262 g/mol. The summed E-state index contributed by atoms with van der Waals surface area (Å²) < 4.78 is 0. The van der Waals surface area contributed by atoms with Gasteiger partial charge in [0.15, 0.2) is 0 Å². The van der Waals surface area contributed by atoms with Crippen molar-refractivity contribution in [3.05, 3.63) is 35.9 Å². The van der Waals surface area contributed by atoms with E-state index < -0.39 is 0 Å². The molecule has 4 heteroatoms. The second kappa shape index (κ2) is 7.62. The number of pyridine rings is 1. The highest BCUT2D eigenvalue weighted by atomic mass is 16.1. The average Bonchev–Trinajstić information content (AvgIpc) is 2.53. The van der Waals surface area contributed by atoms with Crippen molar-refractivity contribution in [1.82, 2.24) is 10.3 Å². The maximum atomic E-state index is 12.4. The fraction of sp³-hybridized carbons (Fsp3) is 0.412. The van der Waals surface area contributed by atoms with E-state index in [2.05, 4.69) is 22.5 Å². The van der Waals surface area contributed by atoms with Crippen LogP contribution in [0.25, 0.3) is 10.9 Å². The van der Waals surface area contributed by atoms with E-state index in [4.69, 9.17) is 0 Å². The number of hydrogen-bond acceptors (Lipinski definition) is 3. The predicted molar refractivity (Wildman–Crippen MR) is 87.8 cm³/mol. The van der Waals surface area contributed by atoms with Gasteiger partial charge in [-0.2, -0.15) is 0 Å². The van der Waals surface area contributed by atoms with E-state index in [-0.39, 0.29) is 5.91 Å². The molecule has 1 heterocycles. The van der Waals surface area contributed by atoms with Gasteiger partial charge in [0.05, 0.1) is 11.1 Å². The third kappa shape index (κ3) is 3.94. The van der Waals surface area contributed by atoms with Gasteiger partial charge in [-0.25, -0.2) is 4.98 Å². The van der Waals surface area contributed by atoms with Crippen molar-refractivity contribution in [2.75, 3.05) is 18.9 Å². The second-order valence-electron chi connectivity index (χ2n) is 5.14. The molecule has 1 amide bonds. The lowest BCUT2D eigenvalue weighted by Gasteiger charge is -2.10. The van der Waals surface area contributed by atoms with Crippen molar-refractivity contribution in [3.63, 3.8) is 0 Å². The number of anilines is 1. The number of benzene rings is 1. The number of fused-ring (bicyclic) bond motifs is 1. The Balaban J connectivity index is 2.14. The molecule has 0 bridgehead atoms. The third-order valence-electron chi connectivity index (χ3n) is 3.53. The molecule has 1 aromatic heterocycles. The number of nitrogens with zero attached hydrogens (tertiary/aromatic N) is 1. The van der Waals surface area contributed by atoms with Gasteiger partial charge in [0, 0.05) is 19.0 Å². The standard InChI is InChI=1S/C17H23N3O/c1-3-4-5-8-11-19-17(21)14-12-16(18-2)20-15-10-7-6-9-13(14)15/h6-7,9-10,12H,3-5,8,11H2,1-2H3,(H,18,20)(H,19,21). The van der Waals surface area contributed by atoms with Crippen LogP contribution in [0, 0.1) is 0 Å². The quantitative estimate of drug-likeness (QED) is 0.764. The van der Waals surface area contributed by atoms with E-state index in [0.29, 0.717) is 11.4 Å². The van der Waals surface area contributed by atoms with E-state index in [0.717, 1.165) is 30.3 Å². The van der Waals surface area contributed by atoms with Gasteiger partial charge in [-0.3, -0.25) is 4.79 Å². The predicted octanol–water partition coefficient (Wildman–Crippen LogP) is 3.59. The summed E-state index contributed by atoms with van der Waals surface area (Å²) in [5, 5.41) is 6.91. The van der Waals surface area contributed by atoms with Crippen molar-refractivity contribution >= 4 is 22.6 Å². The van der Waals surface area contributed by atoms with Crippen molar-refractivity contribution in [1.29, 1.82) is 0 Å². The lowest BCUT2D eigenvalue weighted by atomic mass is 10.1. The molecule has 2 N–H and O–H groups in total. The first kappa shape index (κ1) is 15.3. The first-order chi connectivity index (χ1) is 10.3. The molecular formula is C17H23N3O. The molecule has 112 valence electrons. The highest BCUT2D eigenvalue weighted by Gasteiger charge is 2.11. The molecule has 0 fully saturated rings. The number of unbranched alkanes of at least 4 members (excludes halogenated alkanes) is 3. The zero-order valence-electron chi connectivity index (χ0n) is 12.8. The molecule has 0 aliphatic rings. The summed E-state index contributed by atoms with van der Waals surface area (Å²) in [7, 11) is 1.81. The Labute approximate surface area is 126 Å². The Kier molecular flexibility index (Phi) is 5.55. The van der Waals surface area contributed by atoms with Gasteiger partial charge in [-0.05, 0) is 18.6 Å². The van der Waals surface area contributed by atoms with Gasteiger partial charge >= 0.3 is 0 Å². The van der Waals surface area contributed by atoms with Crippen LogP contribution in [0.5, 0.6) is 0 Å². The molecule has 2 rings (SSSR count). The Morgan fingerprint density at radius 1 is 1.19 bits per heavy atom. The molecule has 2 aromatic rings. The minimum absolute atomic E-state index is 0.0263. The maximum Gasteiger partial charge on any atom is 0.252 e. The zero-order valence-corrected chi connectivity index (χ0v) is 12.8. The summed E-state index contributed by atoms with van der Waals surface area (Å²) >= 11 is 0. The van der Waals surface area contributed by atoms with E-state index >= 15 is 0 Å². The second-order valence-corrected chi connectivity index (χ2v) is 5.14. The number of amides is 1. The highest BCUT2D eigenvalue weighted by Crippen LogP contribution is 2.20. The van der Waals surface area contributed by atoms with Crippen LogP contribution in [-0.4, -0.2) is 24.5 Å². The average molecular weight is 285 g/mol. The van der Waals surface area contributed by atoms with Crippen molar-refractivity contribution in [2.45, 2.75) is 32.6 Å². The summed E-state index contributed by atoms with van der Waals surface area (Å²) in [5.74, 6) is 0.687. The van der Waals surface area contributed by atoms with Crippen molar-refractivity contribution < 1.29 is 4.79 Å². The fourth-order valence-corrected chi connectivity index (χ4v) is 2.34. The number of rotatable bonds is 7. The molecule has 0 atom stereocenters. The first-order valence-corrected chi connectivity index (χ1v) is 7.62. The minimum Gasteiger partial charge on any atom is -0.373 e. The van der Waals surface area contributed by atoms with E-state index in [1.165, 1.54) is 12.8 Å². The van der Waals surface area contributed by atoms with E-state index in [1.54, 1.807) is 0 Å². The number of para-hydroxylation sites is 1. The minimum atomic E-state index is -0.0263. The molecule has 1 aromatic carbocycles. The topological polar surface area (TPSA) is 54.0 Å². The van der Waals surface area contributed by atoms with Crippen LogP contribution < -0.4 is 10.6 Å². The molecule has 0 radical (unpaired) electrons. The molecule has 0 saturated carbocycles. The summed E-state index contributed by atoms with van der Waals surface area (Å²) in [5.41, 5.74) is 1.51. The molecule has 4 nitrogen and oxygen atoms in total. The van der Waals surface area contributed by atoms with Gasteiger partial charge in [0.25, 0.3) is 5.91 Å². The number of carbonyl (C=O) groups excluding carboxylic acids is 1. The Morgan fingerprint density at radius 2 is 2.00 bits per heavy atom. The molecule has 21 heavy (non-hydrogen) atoms. The smallest absolute Gasteiger partial charge is 0.252 e. The summed E-state index contributed by atoms with van der Waals surface area (Å²) in [6.45, 7) is 2.91. The summed E-state index contributed by atoms with van der Waals surface area (Å²) in [4.78, 5) is 16.9. The normalized spacial score (nSPS) is 10.6. The molecule has 0 aliphatic carbocycles. The van der Waals surface area contributed by atoms with Crippen molar-refractivity contribution in [3.8, 4) is 0 Å². The number of aromatic nitrogens is 1. The molecule has 0 spiro atoms. The van der Waals surface area contributed by atoms with Crippen LogP contribution in [0.1, 0.15) is 43.0 Å². The Morgan fingerprint density at radius 3 is 2.76 bits per heavy atom. The van der Waals surface area contributed by atoms with E-state index in [1.807, 2.05) is 37.4 Å². The Hall–Kier alpha value is -2.10. The monoisotopic (exact) mass is 285 g/mol. The summed E-state index contributed by atoms with van der Waals surface area (Å²) in [6, 6.07) is 9.54. The van der Waals surface area contributed by atoms with Gasteiger partial charge < -0.3 is 10.6 Å². The van der Waals surface area contributed by atoms with Crippen LogP contribution in [0.15, 0.2) is 30.3 Å². The van der Waals surface area contributed by atoms with Gasteiger partial charge in [0.2, 0.25) is 0 Å². The largest absolute Gasteiger partial charge is 0.373 e. The summed E-state index contributed by atoms with van der Waals surface area (Å²) in [6.07, 6.45) is 4.61. The maximum absolute atomic E-state index is 12.4. The molecule has 0 unspecified atom stereocenters. The van der Waals surface area contributed by atoms with Gasteiger partial charge in [0.1, 0.15) is 5.82 Å². The number of hydrogen-bond donors (Lipinski definition) is 2. The lowest BCUT2D eigenvalue weighted by molar-refractivity contribution is 0.0954. The third-order valence-corrected chi connectivity index (χ3v) is 3.53. The van der Waals surface area contributed by atoms with Gasteiger partial charge in [-0.1, -0.05) is 44.4 Å². The van der Waals surface area contributed by atoms with Crippen LogP contribution in [0.2, 0.25) is 0 Å². The van der Waals surface area contributed by atoms with Crippen LogP contribution in [0.4, 0.5) is 5.82 Å². The van der Waals surface area contributed by atoms with Gasteiger partial charge in [-0.15, -0.1) is 0 Å². The number of carbonyl (C=O) groups is 1. The molecule has 0 aliphatic heterocycles. The van der Waals surface area contributed by atoms with Crippen LogP contribution in [0.3, 0.4) is 0 Å². The highest BCUT2D eigenvalue weighted by molar-refractivity contribution is 6.06. The van der Waals surface area contributed by atoms with Crippen molar-refractivity contribution in [2.24, 2.45) is 0 Å². The zero-order chi connectivity index (χ0) is 15.1. The van der Waals surface area contributed by atoms with Crippen LogP contribution >= 0.6 is 0 Å².